The van der Waals surface area contributed by atoms with Crippen molar-refractivity contribution in [3.63, 3.8) is 0 Å². The highest BCUT2D eigenvalue weighted by atomic mass is 16.1. The second kappa shape index (κ2) is 7.57. The fourth-order valence-corrected chi connectivity index (χ4v) is 4.79. The maximum Gasteiger partial charge on any atom is 0.266 e. The molecule has 0 aliphatic heterocycles. The van der Waals surface area contributed by atoms with Gasteiger partial charge >= 0.3 is 0 Å². The van der Waals surface area contributed by atoms with E-state index < -0.39 is 0 Å². The summed E-state index contributed by atoms with van der Waals surface area (Å²) >= 11 is 0. The number of pyridine rings is 1. The van der Waals surface area contributed by atoms with Crippen molar-refractivity contribution in [2.45, 2.75) is 0 Å². The molecule has 0 atom stereocenters. The van der Waals surface area contributed by atoms with Gasteiger partial charge in [-0.25, -0.2) is 15.0 Å². The highest BCUT2D eigenvalue weighted by molar-refractivity contribution is 6.16. The standard InChI is InChI=1S/C30H18N4O/c35-30-21-15-7-9-17-23(21)31-29-27-25(22-16-8-10-18-24(22)34(29)30)26(19-11-3-1-4-12-19)32-28(33-27)20-13-5-2-6-14-20/h1-18H. The van der Waals surface area contributed by atoms with E-state index in [0.29, 0.717) is 27.9 Å². The highest BCUT2D eigenvalue weighted by Crippen LogP contribution is 2.35. The van der Waals surface area contributed by atoms with Gasteiger partial charge in [0.15, 0.2) is 11.5 Å². The van der Waals surface area contributed by atoms with Gasteiger partial charge in [-0.2, -0.15) is 0 Å². The number of hydrogen-bond acceptors (Lipinski definition) is 4. The topological polar surface area (TPSA) is 60.2 Å². The Kier molecular flexibility index (Phi) is 4.23. The maximum atomic E-state index is 13.7. The summed E-state index contributed by atoms with van der Waals surface area (Å²) in [6.45, 7) is 0. The zero-order chi connectivity index (χ0) is 23.4. The first-order valence-electron chi connectivity index (χ1n) is 11.4. The molecule has 0 N–H and O–H groups in total. The molecule has 0 amide bonds. The van der Waals surface area contributed by atoms with Crippen LogP contribution in [-0.4, -0.2) is 19.4 Å². The fourth-order valence-electron chi connectivity index (χ4n) is 4.79. The average molecular weight is 451 g/mol. The van der Waals surface area contributed by atoms with E-state index in [-0.39, 0.29) is 5.56 Å². The molecule has 0 aliphatic rings. The van der Waals surface area contributed by atoms with Gasteiger partial charge in [0.05, 0.1) is 22.1 Å². The summed E-state index contributed by atoms with van der Waals surface area (Å²) in [7, 11) is 0. The molecule has 0 saturated carbocycles. The molecule has 0 radical (unpaired) electrons. The number of nitrogens with zero attached hydrogens (tertiary/aromatic N) is 4. The van der Waals surface area contributed by atoms with Crippen LogP contribution in [0.25, 0.3) is 61.0 Å². The zero-order valence-corrected chi connectivity index (χ0v) is 18.6. The van der Waals surface area contributed by atoms with Crippen molar-refractivity contribution < 1.29 is 0 Å². The predicted molar refractivity (Wildman–Crippen MR) is 140 cm³/mol. The Hall–Kier alpha value is -4.90. The predicted octanol–water partition coefficient (Wildman–Crippen LogP) is 6.28. The average Bonchev–Trinajstić information content (AvgIpc) is 2.93. The van der Waals surface area contributed by atoms with Crippen molar-refractivity contribution in [3.8, 4) is 22.6 Å². The van der Waals surface area contributed by atoms with Crippen LogP contribution in [-0.2, 0) is 0 Å². The third-order valence-electron chi connectivity index (χ3n) is 6.39. The van der Waals surface area contributed by atoms with Crippen LogP contribution in [0.1, 0.15) is 0 Å². The lowest BCUT2D eigenvalue weighted by Gasteiger charge is -2.15. The molecule has 35 heavy (non-hydrogen) atoms. The molecule has 0 spiro atoms. The van der Waals surface area contributed by atoms with Crippen LogP contribution >= 0.6 is 0 Å². The summed E-state index contributed by atoms with van der Waals surface area (Å²) < 4.78 is 1.69. The summed E-state index contributed by atoms with van der Waals surface area (Å²) in [4.78, 5) is 28.8. The number of hydrogen-bond donors (Lipinski definition) is 0. The van der Waals surface area contributed by atoms with Crippen molar-refractivity contribution in [2.24, 2.45) is 0 Å². The number of benzene rings is 4. The van der Waals surface area contributed by atoms with Gasteiger partial charge in [0.1, 0.15) is 5.52 Å². The van der Waals surface area contributed by atoms with Crippen molar-refractivity contribution in [3.05, 3.63) is 120 Å². The zero-order valence-electron chi connectivity index (χ0n) is 18.6. The van der Waals surface area contributed by atoms with Crippen LogP contribution in [0.4, 0.5) is 0 Å². The molecule has 0 fully saturated rings. The highest BCUT2D eigenvalue weighted by Gasteiger charge is 2.20. The number of aromatic nitrogens is 4. The smallest absolute Gasteiger partial charge is 0.266 e. The lowest BCUT2D eigenvalue weighted by Crippen LogP contribution is -2.17. The summed E-state index contributed by atoms with van der Waals surface area (Å²) in [5.74, 6) is 0.594. The minimum atomic E-state index is -0.107. The second-order valence-corrected chi connectivity index (χ2v) is 8.46. The molecular formula is C30H18N4O. The van der Waals surface area contributed by atoms with E-state index >= 15 is 0 Å². The number of rotatable bonds is 2. The monoisotopic (exact) mass is 450 g/mol. The van der Waals surface area contributed by atoms with Crippen LogP contribution in [0.15, 0.2) is 114 Å². The van der Waals surface area contributed by atoms with Crippen LogP contribution in [0, 0.1) is 0 Å². The van der Waals surface area contributed by atoms with Gasteiger partial charge in [-0.15, -0.1) is 0 Å². The quantitative estimate of drug-likeness (QED) is 0.230. The fraction of sp³-hybridized carbons (Fsp3) is 0. The van der Waals surface area contributed by atoms with Crippen LogP contribution < -0.4 is 5.56 Å². The van der Waals surface area contributed by atoms with Gasteiger partial charge in [0.2, 0.25) is 0 Å². The lowest BCUT2D eigenvalue weighted by molar-refractivity contribution is 1.12. The summed E-state index contributed by atoms with van der Waals surface area (Å²) in [5.41, 5.74) is 5.20. The third kappa shape index (κ3) is 2.95. The SMILES string of the molecule is O=c1c2ccccc2nc2c3nc(-c4ccccc4)nc(-c4ccccc4)c3c3ccccc3n12. The maximum absolute atomic E-state index is 13.7. The molecule has 7 aromatic rings. The largest absolute Gasteiger partial charge is 0.268 e. The Morgan fingerprint density at radius 1 is 0.571 bits per heavy atom. The van der Waals surface area contributed by atoms with E-state index in [9.17, 15) is 4.79 Å². The van der Waals surface area contributed by atoms with Crippen LogP contribution in [0.5, 0.6) is 0 Å². The van der Waals surface area contributed by atoms with E-state index in [2.05, 4.69) is 12.1 Å². The van der Waals surface area contributed by atoms with E-state index in [4.69, 9.17) is 15.0 Å². The Labute approximate surface area is 200 Å². The molecule has 5 heteroatoms. The van der Waals surface area contributed by atoms with Gasteiger partial charge in [-0.05, 0) is 18.2 Å². The van der Waals surface area contributed by atoms with Gasteiger partial charge in [0, 0.05) is 21.9 Å². The van der Waals surface area contributed by atoms with Gasteiger partial charge in [0.25, 0.3) is 5.56 Å². The van der Waals surface area contributed by atoms with Crippen molar-refractivity contribution in [1.29, 1.82) is 0 Å². The number of fused-ring (bicyclic) bond motifs is 7. The van der Waals surface area contributed by atoms with Crippen molar-refractivity contribution in [2.75, 3.05) is 0 Å². The summed E-state index contributed by atoms with van der Waals surface area (Å²) in [5, 5.41) is 2.37. The minimum absolute atomic E-state index is 0.107. The Balaban J connectivity index is 1.78. The molecule has 0 bridgehead atoms. The van der Waals surface area contributed by atoms with E-state index in [1.54, 1.807) is 4.40 Å². The first-order valence-corrected chi connectivity index (χ1v) is 11.4. The summed E-state index contributed by atoms with van der Waals surface area (Å²) in [6, 6.07) is 35.4. The second-order valence-electron chi connectivity index (χ2n) is 8.46. The molecule has 3 aromatic heterocycles. The molecule has 0 unspecified atom stereocenters. The first kappa shape index (κ1) is 19.6. The van der Waals surface area contributed by atoms with Gasteiger partial charge < -0.3 is 0 Å². The Bertz CT molecular complexity index is 1960. The lowest BCUT2D eigenvalue weighted by atomic mass is 10.0. The van der Waals surface area contributed by atoms with Crippen molar-refractivity contribution >= 4 is 38.4 Å². The Morgan fingerprint density at radius 3 is 1.97 bits per heavy atom. The first-order chi connectivity index (χ1) is 17.3. The molecule has 0 aliphatic carbocycles. The van der Waals surface area contributed by atoms with Gasteiger partial charge in [-0.1, -0.05) is 91.0 Å². The molecule has 0 saturated heterocycles. The Morgan fingerprint density at radius 2 is 1.20 bits per heavy atom. The molecule has 7 rings (SSSR count). The number of para-hydroxylation sites is 2. The van der Waals surface area contributed by atoms with Crippen LogP contribution in [0.2, 0.25) is 0 Å². The van der Waals surface area contributed by atoms with E-state index in [1.165, 1.54) is 0 Å². The minimum Gasteiger partial charge on any atom is -0.268 e. The third-order valence-corrected chi connectivity index (χ3v) is 6.39. The normalized spacial score (nSPS) is 11.5. The van der Waals surface area contributed by atoms with Crippen LogP contribution in [0.3, 0.4) is 0 Å². The van der Waals surface area contributed by atoms with Gasteiger partial charge in [-0.3, -0.25) is 9.20 Å². The molecule has 3 heterocycles. The van der Waals surface area contributed by atoms with E-state index in [0.717, 1.165) is 33.1 Å². The molecule has 4 aromatic carbocycles. The molecule has 5 nitrogen and oxygen atoms in total. The van der Waals surface area contributed by atoms with E-state index in [1.807, 2.05) is 97.1 Å². The molecular weight excluding hydrogens is 432 g/mol. The summed E-state index contributed by atoms with van der Waals surface area (Å²) in [6.07, 6.45) is 0. The molecule has 164 valence electrons. The van der Waals surface area contributed by atoms with Crippen molar-refractivity contribution in [1.82, 2.24) is 19.4 Å².